The van der Waals surface area contributed by atoms with E-state index in [0.29, 0.717) is 30.3 Å². The first-order chi connectivity index (χ1) is 11.9. The number of nitrogens with zero attached hydrogens (tertiary/aromatic N) is 1. The van der Waals surface area contributed by atoms with Gasteiger partial charge in [0, 0.05) is 22.4 Å². The van der Waals surface area contributed by atoms with E-state index in [9.17, 15) is 13.2 Å². The van der Waals surface area contributed by atoms with Crippen molar-refractivity contribution in [2.45, 2.75) is 30.0 Å². The summed E-state index contributed by atoms with van der Waals surface area (Å²) >= 11 is 4.59. The largest absolute Gasteiger partial charge is 0.351 e. The third-order valence-electron chi connectivity index (χ3n) is 4.03. The third-order valence-corrected chi connectivity index (χ3v) is 8.01. The Morgan fingerprint density at radius 1 is 1.12 bits per heavy atom. The van der Waals surface area contributed by atoms with Gasteiger partial charge in [-0.2, -0.15) is 4.31 Å². The van der Waals surface area contributed by atoms with Crippen molar-refractivity contribution in [1.29, 1.82) is 0 Å². The first-order valence-electron chi connectivity index (χ1n) is 8.05. The van der Waals surface area contributed by atoms with Crippen LogP contribution in [0.5, 0.6) is 0 Å². The molecule has 0 radical (unpaired) electrons. The Morgan fingerprint density at radius 3 is 2.48 bits per heavy atom. The van der Waals surface area contributed by atoms with Crippen LogP contribution in [0.25, 0.3) is 0 Å². The van der Waals surface area contributed by atoms with E-state index in [2.05, 4.69) is 21.2 Å². The molecule has 0 atom stereocenters. The second-order valence-corrected chi connectivity index (χ2v) is 10.2. The maximum atomic E-state index is 12.5. The second-order valence-electron chi connectivity index (χ2n) is 5.91. The predicted molar refractivity (Wildman–Crippen MR) is 102 cm³/mol. The lowest BCUT2D eigenvalue weighted by atomic mass is 10.1. The molecule has 0 bridgehead atoms. The summed E-state index contributed by atoms with van der Waals surface area (Å²) in [5.41, 5.74) is 0.934. The number of hydrogen-bond acceptors (Lipinski definition) is 4. The summed E-state index contributed by atoms with van der Waals surface area (Å²) in [5.74, 6) is -0.0836. The highest BCUT2D eigenvalue weighted by atomic mass is 79.9. The van der Waals surface area contributed by atoms with Gasteiger partial charge in [-0.15, -0.1) is 11.3 Å². The summed E-state index contributed by atoms with van der Waals surface area (Å²) in [7, 11) is -3.37. The molecule has 1 amide bonds. The average Bonchev–Trinajstić information content (AvgIpc) is 3.27. The molecule has 8 heteroatoms. The Hall–Kier alpha value is -1.22. The smallest absolute Gasteiger partial charge is 0.252 e. The quantitative estimate of drug-likeness (QED) is 0.746. The van der Waals surface area contributed by atoms with Crippen LogP contribution < -0.4 is 5.32 Å². The molecule has 1 N–H and O–H groups in total. The number of carbonyl (C=O) groups is 1. The van der Waals surface area contributed by atoms with Crippen LogP contribution in [0, 0.1) is 0 Å². The number of hydrogen-bond donors (Lipinski definition) is 1. The Bertz CT molecular complexity index is 841. The fourth-order valence-electron chi connectivity index (χ4n) is 2.68. The highest BCUT2D eigenvalue weighted by molar-refractivity contribution is 9.10. The predicted octanol–water partition coefficient (Wildman–Crippen LogP) is 3.15. The van der Waals surface area contributed by atoms with Crippen LogP contribution in [-0.2, 0) is 27.8 Å². The summed E-state index contributed by atoms with van der Waals surface area (Å²) in [5, 5.41) is 2.85. The van der Waals surface area contributed by atoms with Gasteiger partial charge in [0.2, 0.25) is 5.91 Å². The van der Waals surface area contributed by atoms with E-state index in [0.717, 1.165) is 27.8 Å². The van der Waals surface area contributed by atoms with Crippen LogP contribution in [-0.4, -0.2) is 31.7 Å². The minimum Gasteiger partial charge on any atom is -0.351 e. The molecule has 1 fully saturated rings. The molecule has 0 saturated carbocycles. The molecule has 134 valence electrons. The maximum absolute atomic E-state index is 12.5. The Labute approximate surface area is 160 Å². The van der Waals surface area contributed by atoms with Crippen molar-refractivity contribution in [3.8, 4) is 0 Å². The van der Waals surface area contributed by atoms with E-state index in [1.54, 1.807) is 12.1 Å². The van der Waals surface area contributed by atoms with E-state index >= 15 is 0 Å². The molecule has 1 aromatic carbocycles. The fourth-order valence-corrected chi connectivity index (χ4v) is 5.91. The number of carbonyl (C=O) groups excluding carboxylic acids is 1. The van der Waals surface area contributed by atoms with Crippen molar-refractivity contribution in [2.75, 3.05) is 13.1 Å². The van der Waals surface area contributed by atoms with Crippen LogP contribution in [0.3, 0.4) is 0 Å². The molecule has 0 unspecified atom stereocenters. The van der Waals surface area contributed by atoms with Gasteiger partial charge in [-0.05, 0) is 42.7 Å². The number of benzene rings is 1. The zero-order valence-corrected chi connectivity index (χ0v) is 16.8. The molecule has 2 heterocycles. The minimum absolute atomic E-state index is 0.0836. The molecule has 2 aromatic rings. The summed E-state index contributed by atoms with van der Waals surface area (Å²) in [6, 6.07) is 11.0. The van der Waals surface area contributed by atoms with Crippen LogP contribution in [0.2, 0.25) is 0 Å². The minimum atomic E-state index is -3.37. The molecule has 1 aromatic heterocycles. The molecule has 5 nitrogen and oxygen atoms in total. The Morgan fingerprint density at radius 2 is 1.80 bits per heavy atom. The van der Waals surface area contributed by atoms with Gasteiger partial charge in [0.25, 0.3) is 10.0 Å². The van der Waals surface area contributed by atoms with Crippen molar-refractivity contribution >= 4 is 43.2 Å². The first-order valence-corrected chi connectivity index (χ1v) is 11.1. The zero-order chi connectivity index (χ0) is 17.9. The standard InChI is InChI=1S/C17H19BrN2O3S2/c18-14-5-3-13(4-6-14)11-16(21)19-12-15-7-8-17(24-15)25(22,23)20-9-1-2-10-20/h3-8H,1-2,9-12H2,(H,19,21). The van der Waals surface area contributed by atoms with E-state index in [1.165, 1.54) is 15.6 Å². The zero-order valence-electron chi connectivity index (χ0n) is 13.6. The van der Waals surface area contributed by atoms with E-state index in [4.69, 9.17) is 0 Å². The highest BCUT2D eigenvalue weighted by Crippen LogP contribution is 2.27. The van der Waals surface area contributed by atoms with Gasteiger partial charge in [-0.25, -0.2) is 8.42 Å². The SMILES string of the molecule is O=C(Cc1ccc(Br)cc1)NCc1ccc(S(=O)(=O)N2CCCC2)s1. The lowest BCUT2D eigenvalue weighted by Crippen LogP contribution is -2.27. The summed E-state index contributed by atoms with van der Waals surface area (Å²) < 4.78 is 27.9. The van der Waals surface area contributed by atoms with Gasteiger partial charge in [0.05, 0.1) is 13.0 Å². The third kappa shape index (κ3) is 4.69. The van der Waals surface area contributed by atoms with Crippen molar-refractivity contribution in [1.82, 2.24) is 9.62 Å². The molecule has 0 aliphatic carbocycles. The molecular formula is C17H19BrN2O3S2. The number of rotatable bonds is 6. The van der Waals surface area contributed by atoms with Crippen LogP contribution in [0.15, 0.2) is 45.1 Å². The van der Waals surface area contributed by atoms with Crippen molar-refractivity contribution in [2.24, 2.45) is 0 Å². The van der Waals surface area contributed by atoms with E-state index < -0.39 is 10.0 Å². The number of nitrogens with one attached hydrogen (secondary N) is 1. The van der Waals surface area contributed by atoms with Gasteiger partial charge in [-0.3, -0.25) is 4.79 Å². The second kappa shape index (κ2) is 7.99. The highest BCUT2D eigenvalue weighted by Gasteiger charge is 2.28. The van der Waals surface area contributed by atoms with Gasteiger partial charge in [-0.1, -0.05) is 28.1 Å². The van der Waals surface area contributed by atoms with Crippen molar-refractivity contribution in [3.63, 3.8) is 0 Å². The number of sulfonamides is 1. The normalized spacial score (nSPS) is 15.4. The van der Waals surface area contributed by atoms with E-state index in [1.807, 2.05) is 24.3 Å². The van der Waals surface area contributed by atoms with Gasteiger partial charge >= 0.3 is 0 Å². The number of thiophene rings is 1. The molecule has 25 heavy (non-hydrogen) atoms. The first kappa shape index (κ1) is 18.6. The van der Waals surface area contributed by atoms with Crippen LogP contribution >= 0.6 is 27.3 Å². The molecule has 1 saturated heterocycles. The summed E-state index contributed by atoms with van der Waals surface area (Å²) in [6.07, 6.45) is 2.14. The van der Waals surface area contributed by atoms with Crippen molar-refractivity contribution in [3.05, 3.63) is 51.3 Å². The van der Waals surface area contributed by atoms with Crippen LogP contribution in [0.4, 0.5) is 0 Å². The van der Waals surface area contributed by atoms with E-state index in [-0.39, 0.29) is 5.91 Å². The summed E-state index contributed by atoms with van der Waals surface area (Å²) in [6.45, 7) is 1.54. The van der Waals surface area contributed by atoms with Crippen molar-refractivity contribution < 1.29 is 13.2 Å². The Kier molecular flexibility index (Phi) is 5.93. The molecule has 1 aliphatic rings. The number of halogens is 1. The lowest BCUT2D eigenvalue weighted by Gasteiger charge is -2.13. The van der Waals surface area contributed by atoms with Gasteiger partial charge < -0.3 is 5.32 Å². The maximum Gasteiger partial charge on any atom is 0.252 e. The fraction of sp³-hybridized carbons (Fsp3) is 0.353. The van der Waals surface area contributed by atoms with Gasteiger partial charge in [0.15, 0.2) is 0 Å². The lowest BCUT2D eigenvalue weighted by molar-refractivity contribution is -0.120. The van der Waals surface area contributed by atoms with Crippen LogP contribution in [0.1, 0.15) is 23.3 Å². The monoisotopic (exact) mass is 442 g/mol. The molecular weight excluding hydrogens is 424 g/mol. The average molecular weight is 443 g/mol. The number of amides is 1. The summed E-state index contributed by atoms with van der Waals surface area (Å²) in [4.78, 5) is 12.9. The topological polar surface area (TPSA) is 66.5 Å². The van der Waals surface area contributed by atoms with Gasteiger partial charge in [0.1, 0.15) is 4.21 Å². The molecule has 3 rings (SSSR count). The molecule has 1 aliphatic heterocycles. The Balaban J connectivity index is 1.56. The molecule has 0 spiro atoms.